The van der Waals surface area contributed by atoms with Gasteiger partial charge in [0.05, 0.1) is 19.6 Å². The van der Waals surface area contributed by atoms with E-state index in [9.17, 15) is 14.4 Å². The van der Waals surface area contributed by atoms with E-state index in [0.717, 1.165) is 25.7 Å². The van der Waals surface area contributed by atoms with Crippen molar-refractivity contribution in [2.75, 3.05) is 46.4 Å². The Labute approximate surface area is 176 Å². The molecule has 3 fully saturated rings. The number of methoxy groups -OCH3 is 1. The zero-order chi connectivity index (χ0) is 21.1. The molecule has 1 atom stereocenters. The summed E-state index contributed by atoms with van der Waals surface area (Å²) < 4.78 is 10.2. The Morgan fingerprint density at radius 1 is 1.00 bits per heavy atom. The van der Waals surface area contributed by atoms with Gasteiger partial charge in [0.15, 0.2) is 0 Å². The van der Waals surface area contributed by atoms with E-state index in [1.807, 2.05) is 4.90 Å². The molecule has 0 radical (unpaired) electrons. The number of piperidine rings is 2. The molecule has 4 rings (SSSR count). The van der Waals surface area contributed by atoms with Crippen LogP contribution in [0.4, 0.5) is 4.79 Å². The lowest BCUT2D eigenvalue weighted by molar-refractivity contribution is -0.138. The highest BCUT2D eigenvalue weighted by molar-refractivity contribution is 5.94. The molecule has 1 aromatic rings. The minimum Gasteiger partial charge on any atom is -0.497 e. The maximum absolute atomic E-state index is 13.1. The average molecular weight is 415 g/mol. The maximum atomic E-state index is 13.1. The summed E-state index contributed by atoms with van der Waals surface area (Å²) in [5.74, 6) is 0.643. The molecule has 3 amide bonds. The molecule has 30 heavy (non-hydrogen) atoms. The summed E-state index contributed by atoms with van der Waals surface area (Å²) in [7, 11) is 1.59. The fourth-order valence-electron chi connectivity index (χ4n) is 4.67. The molecular formula is C22H29N3O5. The van der Waals surface area contributed by atoms with E-state index in [4.69, 9.17) is 9.47 Å². The Kier molecular flexibility index (Phi) is 6.11. The van der Waals surface area contributed by atoms with Gasteiger partial charge in [0.1, 0.15) is 12.4 Å². The van der Waals surface area contributed by atoms with Gasteiger partial charge >= 0.3 is 6.09 Å². The lowest BCUT2D eigenvalue weighted by Gasteiger charge is -2.39. The van der Waals surface area contributed by atoms with Crippen LogP contribution in [-0.4, -0.2) is 85.1 Å². The molecule has 0 spiro atoms. The molecule has 3 aliphatic heterocycles. The molecule has 0 N–H and O–H groups in total. The molecule has 8 nitrogen and oxygen atoms in total. The lowest BCUT2D eigenvalue weighted by atomic mass is 9.94. The minimum absolute atomic E-state index is 0.0404. The first kappa shape index (κ1) is 20.5. The smallest absolute Gasteiger partial charge is 0.410 e. The van der Waals surface area contributed by atoms with Crippen molar-refractivity contribution < 1.29 is 23.9 Å². The SMILES string of the molecule is COc1ccc(C(=O)N2CCCC(C(=O)N3CCC(N4CCOC4=O)CC3)C2)cc1. The zero-order valence-electron chi connectivity index (χ0n) is 17.4. The second-order valence-corrected chi connectivity index (χ2v) is 8.18. The second kappa shape index (κ2) is 8.93. The Morgan fingerprint density at radius 3 is 2.37 bits per heavy atom. The number of carbonyl (C=O) groups is 3. The van der Waals surface area contributed by atoms with Gasteiger partial charge in [-0.05, 0) is 49.9 Å². The number of ether oxygens (including phenoxy) is 2. The summed E-state index contributed by atoms with van der Waals surface area (Å²) in [6, 6.07) is 7.24. The lowest BCUT2D eigenvalue weighted by Crippen LogP contribution is -2.51. The summed E-state index contributed by atoms with van der Waals surface area (Å²) in [5.41, 5.74) is 0.613. The van der Waals surface area contributed by atoms with Crippen LogP contribution in [0.25, 0.3) is 0 Å². The van der Waals surface area contributed by atoms with Crippen molar-refractivity contribution in [1.82, 2.24) is 14.7 Å². The van der Waals surface area contributed by atoms with Gasteiger partial charge in [0.2, 0.25) is 5.91 Å². The first-order valence-electron chi connectivity index (χ1n) is 10.7. The highest BCUT2D eigenvalue weighted by atomic mass is 16.6. The van der Waals surface area contributed by atoms with Gasteiger partial charge < -0.3 is 24.2 Å². The van der Waals surface area contributed by atoms with E-state index < -0.39 is 0 Å². The molecule has 3 aliphatic rings. The number of carbonyl (C=O) groups excluding carboxylic acids is 3. The van der Waals surface area contributed by atoms with Crippen LogP contribution in [0.5, 0.6) is 5.75 Å². The number of hydrogen-bond donors (Lipinski definition) is 0. The largest absolute Gasteiger partial charge is 0.497 e. The van der Waals surface area contributed by atoms with Gasteiger partial charge in [0, 0.05) is 37.8 Å². The maximum Gasteiger partial charge on any atom is 0.410 e. The minimum atomic E-state index is -0.236. The first-order chi connectivity index (χ1) is 14.6. The summed E-state index contributed by atoms with van der Waals surface area (Å²) in [6.45, 7) is 3.53. The second-order valence-electron chi connectivity index (χ2n) is 8.18. The number of likely N-dealkylation sites (tertiary alicyclic amines) is 2. The number of cyclic esters (lactones) is 1. The van der Waals surface area contributed by atoms with Gasteiger partial charge in [-0.3, -0.25) is 9.59 Å². The number of hydrogen-bond acceptors (Lipinski definition) is 5. The Bertz CT molecular complexity index is 788. The zero-order valence-corrected chi connectivity index (χ0v) is 17.4. The van der Waals surface area contributed by atoms with E-state index in [1.165, 1.54) is 0 Å². The number of benzene rings is 1. The number of rotatable bonds is 4. The fraction of sp³-hybridized carbons (Fsp3) is 0.591. The molecular weight excluding hydrogens is 386 g/mol. The van der Waals surface area contributed by atoms with Crippen LogP contribution >= 0.6 is 0 Å². The Morgan fingerprint density at radius 2 is 1.73 bits per heavy atom. The molecule has 1 unspecified atom stereocenters. The van der Waals surface area contributed by atoms with Crippen LogP contribution in [0, 0.1) is 5.92 Å². The average Bonchev–Trinajstić information content (AvgIpc) is 3.24. The van der Waals surface area contributed by atoms with E-state index in [2.05, 4.69) is 0 Å². The van der Waals surface area contributed by atoms with E-state index in [1.54, 1.807) is 41.2 Å². The molecule has 3 heterocycles. The highest BCUT2D eigenvalue weighted by Crippen LogP contribution is 2.25. The summed E-state index contributed by atoms with van der Waals surface area (Å²) in [6.07, 6.45) is 2.96. The van der Waals surface area contributed by atoms with E-state index in [0.29, 0.717) is 50.6 Å². The van der Waals surface area contributed by atoms with Crippen molar-refractivity contribution >= 4 is 17.9 Å². The van der Waals surface area contributed by atoms with Crippen LogP contribution in [0.15, 0.2) is 24.3 Å². The van der Waals surface area contributed by atoms with Crippen LogP contribution in [-0.2, 0) is 9.53 Å². The third-order valence-corrected chi connectivity index (χ3v) is 6.40. The van der Waals surface area contributed by atoms with Crippen molar-refractivity contribution in [1.29, 1.82) is 0 Å². The van der Waals surface area contributed by atoms with Crippen molar-refractivity contribution in [3.63, 3.8) is 0 Å². The molecule has 162 valence electrons. The molecule has 3 saturated heterocycles. The van der Waals surface area contributed by atoms with Crippen LogP contribution < -0.4 is 4.74 Å². The first-order valence-corrected chi connectivity index (χ1v) is 10.7. The molecule has 0 bridgehead atoms. The molecule has 8 heteroatoms. The molecule has 0 saturated carbocycles. The Hall–Kier alpha value is -2.77. The number of amides is 3. The van der Waals surface area contributed by atoms with Crippen LogP contribution in [0.3, 0.4) is 0 Å². The van der Waals surface area contributed by atoms with Gasteiger partial charge in [-0.15, -0.1) is 0 Å². The predicted molar refractivity (Wildman–Crippen MR) is 109 cm³/mol. The van der Waals surface area contributed by atoms with Crippen molar-refractivity contribution in [2.24, 2.45) is 5.92 Å². The standard InChI is InChI=1S/C22H29N3O5/c1-29-19-6-4-16(5-7-19)20(26)24-10-2-3-17(15-24)21(27)23-11-8-18(9-12-23)25-13-14-30-22(25)28/h4-7,17-18H,2-3,8-15H2,1H3. The highest BCUT2D eigenvalue weighted by Gasteiger charge is 2.36. The fourth-order valence-corrected chi connectivity index (χ4v) is 4.67. The molecule has 0 aliphatic carbocycles. The van der Waals surface area contributed by atoms with Crippen molar-refractivity contribution in [3.05, 3.63) is 29.8 Å². The third kappa shape index (κ3) is 4.22. The van der Waals surface area contributed by atoms with E-state index in [-0.39, 0.29) is 29.9 Å². The van der Waals surface area contributed by atoms with Crippen LogP contribution in [0.2, 0.25) is 0 Å². The monoisotopic (exact) mass is 415 g/mol. The van der Waals surface area contributed by atoms with Gasteiger partial charge in [-0.25, -0.2) is 4.79 Å². The quantitative estimate of drug-likeness (QED) is 0.752. The summed E-state index contributed by atoms with van der Waals surface area (Å²) in [4.78, 5) is 43.2. The Balaban J connectivity index is 1.32. The summed E-state index contributed by atoms with van der Waals surface area (Å²) >= 11 is 0. The van der Waals surface area contributed by atoms with E-state index >= 15 is 0 Å². The normalized spacial score (nSPS) is 22.8. The number of nitrogens with zero attached hydrogens (tertiary/aromatic N) is 3. The van der Waals surface area contributed by atoms with Gasteiger partial charge in [-0.1, -0.05) is 0 Å². The predicted octanol–water partition coefficient (Wildman–Crippen LogP) is 1.99. The topological polar surface area (TPSA) is 79.4 Å². The van der Waals surface area contributed by atoms with Gasteiger partial charge in [-0.2, -0.15) is 0 Å². The van der Waals surface area contributed by atoms with Crippen molar-refractivity contribution in [2.45, 2.75) is 31.7 Å². The molecule has 1 aromatic carbocycles. The van der Waals surface area contributed by atoms with Crippen molar-refractivity contribution in [3.8, 4) is 5.75 Å². The summed E-state index contributed by atoms with van der Waals surface area (Å²) in [5, 5.41) is 0. The van der Waals surface area contributed by atoms with Crippen LogP contribution in [0.1, 0.15) is 36.0 Å². The molecule has 0 aromatic heterocycles. The van der Waals surface area contributed by atoms with Gasteiger partial charge in [0.25, 0.3) is 5.91 Å². The third-order valence-electron chi connectivity index (χ3n) is 6.40.